The van der Waals surface area contributed by atoms with Crippen molar-refractivity contribution in [3.05, 3.63) is 59.1 Å². The first-order chi connectivity index (χ1) is 14.0. The van der Waals surface area contributed by atoms with Crippen LogP contribution < -0.4 is 15.4 Å². The Morgan fingerprint density at radius 1 is 1.07 bits per heavy atom. The van der Waals surface area contributed by atoms with Gasteiger partial charge < -0.3 is 14.8 Å². The van der Waals surface area contributed by atoms with Gasteiger partial charge in [-0.3, -0.25) is 5.32 Å². The molecule has 0 heterocycles. The number of amides is 2. The van der Waals surface area contributed by atoms with Crippen molar-refractivity contribution >= 4 is 29.3 Å². The average molecular weight is 453 g/mol. The first-order valence-electron chi connectivity index (χ1n) is 8.21. The Labute approximate surface area is 171 Å². The molecule has 6 nitrogen and oxygen atoms in total. The molecule has 1 atom stereocenters. The lowest BCUT2D eigenvalue weighted by Gasteiger charge is -2.33. The van der Waals surface area contributed by atoms with E-state index in [9.17, 15) is 31.5 Å². The van der Waals surface area contributed by atoms with Crippen molar-refractivity contribution in [3.8, 4) is 5.75 Å². The fraction of sp³-hybridized carbons (Fsp3) is 0.222. The third-order valence-electron chi connectivity index (χ3n) is 3.51. The van der Waals surface area contributed by atoms with E-state index in [2.05, 4.69) is 4.74 Å². The van der Waals surface area contributed by atoms with Crippen LogP contribution in [0.2, 0.25) is 5.02 Å². The van der Waals surface area contributed by atoms with Crippen LogP contribution in [0.5, 0.6) is 5.75 Å². The van der Waals surface area contributed by atoms with Gasteiger partial charge in [-0.05, 0) is 49.4 Å². The first-order valence-corrected chi connectivity index (χ1v) is 8.59. The lowest BCUT2D eigenvalue weighted by atomic mass is 10.2. The summed E-state index contributed by atoms with van der Waals surface area (Å²) in [6, 6.07) is 4.55. The van der Waals surface area contributed by atoms with Crippen molar-refractivity contribution in [1.29, 1.82) is 0 Å². The van der Waals surface area contributed by atoms with Crippen LogP contribution in [-0.2, 0) is 9.53 Å². The number of alkyl halides is 3. The number of hydrogen-bond donors (Lipinski definition) is 2. The normalized spacial score (nSPS) is 13.2. The van der Waals surface area contributed by atoms with Crippen molar-refractivity contribution < 1.29 is 41.0 Å². The Kier molecular flexibility index (Phi) is 7.08. The number of rotatable bonds is 6. The van der Waals surface area contributed by atoms with E-state index in [4.69, 9.17) is 16.3 Å². The monoisotopic (exact) mass is 452 g/mol. The molecular weight excluding hydrogens is 439 g/mol. The van der Waals surface area contributed by atoms with Crippen LogP contribution in [0.15, 0.2) is 42.5 Å². The van der Waals surface area contributed by atoms with Gasteiger partial charge in [-0.25, -0.2) is 18.4 Å². The number of anilines is 1. The summed E-state index contributed by atoms with van der Waals surface area (Å²) in [6.45, 7) is 0.790. The van der Waals surface area contributed by atoms with Gasteiger partial charge in [0.15, 0.2) is 0 Å². The minimum atomic E-state index is -5.49. The summed E-state index contributed by atoms with van der Waals surface area (Å²) in [7, 11) is 0. The summed E-state index contributed by atoms with van der Waals surface area (Å²) in [5.41, 5.74) is -4.13. The molecule has 2 amide bonds. The molecule has 0 aromatic heterocycles. The zero-order chi connectivity index (χ0) is 22.5. The van der Waals surface area contributed by atoms with E-state index in [1.807, 2.05) is 5.32 Å². The number of carbonyl (C=O) groups excluding carboxylic acids is 2. The molecule has 2 aromatic rings. The molecule has 12 heteroatoms. The summed E-state index contributed by atoms with van der Waals surface area (Å²) < 4.78 is 77.2. The topological polar surface area (TPSA) is 76.7 Å². The third kappa shape index (κ3) is 5.29. The van der Waals surface area contributed by atoms with Crippen molar-refractivity contribution in [2.75, 3.05) is 11.9 Å². The number of ether oxygens (including phenoxy) is 2. The average Bonchev–Trinajstić information content (AvgIpc) is 2.65. The second-order valence-corrected chi connectivity index (χ2v) is 6.07. The minimum absolute atomic E-state index is 0.166. The maximum atomic E-state index is 13.9. The number of esters is 1. The summed E-state index contributed by atoms with van der Waals surface area (Å²) in [5, 5.41) is 2.98. The molecule has 0 unspecified atom stereocenters. The van der Waals surface area contributed by atoms with Crippen LogP contribution in [0.4, 0.5) is 32.4 Å². The molecule has 0 saturated heterocycles. The van der Waals surface area contributed by atoms with Gasteiger partial charge in [-0.15, -0.1) is 0 Å². The summed E-state index contributed by atoms with van der Waals surface area (Å²) in [6.07, 6.45) is -5.49. The number of urea groups is 1. The third-order valence-corrected chi connectivity index (χ3v) is 3.80. The Morgan fingerprint density at radius 2 is 1.70 bits per heavy atom. The maximum absolute atomic E-state index is 13.9. The molecule has 0 saturated carbocycles. The zero-order valence-corrected chi connectivity index (χ0v) is 15.9. The highest BCUT2D eigenvalue weighted by Crippen LogP contribution is 2.34. The van der Waals surface area contributed by atoms with Crippen LogP contribution in [0.1, 0.15) is 6.92 Å². The van der Waals surface area contributed by atoms with Gasteiger partial charge in [0.2, 0.25) is 0 Å². The largest absolute Gasteiger partial charge is 0.461 e. The zero-order valence-electron chi connectivity index (χ0n) is 15.1. The Balaban J connectivity index is 2.39. The molecule has 0 aliphatic rings. The van der Waals surface area contributed by atoms with E-state index in [0.717, 1.165) is 42.5 Å². The molecule has 0 aliphatic carbocycles. The van der Waals surface area contributed by atoms with E-state index >= 15 is 0 Å². The number of nitrogens with one attached hydrogen (secondary N) is 2. The van der Waals surface area contributed by atoms with E-state index in [1.165, 1.54) is 12.2 Å². The van der Waals surface area contributed by atoms with Gasteiger partial charge >= 0.3 is 23.9 Å². The number of benzene rings is 2. The fourth-order valence-corrected chi connectivity index (χ4v) is 2.35. The van der Waals surface area contributed by atoms with E-state index < -0.39 is 52.9 Å². The molecule has 2 rings (SSSR count). The highest BCUT2D eigenvalue weighted by atomic mass is 35.5. The Morgan fingerprint density at radius 3 is 2.23 bits per heavy atom. The van der Waals surface area contributed by atoms with Gasteiger partial charge in [0.25, 0.3) is 0 Å². The smallest absolute Gasteiger partial charge is 0.460 e. The summed E-state index contributed by atoms with van der Waals surface area (Å²) in [5.74, 6) is -4.13. The van der Waals surface area contributed by atoms with Gasteiger partial charge in [-0.1, -0.05) is 11.6 Å². The van der Waals surface area contributed by atoms with Crippen LogP contribution in [0, 0.1) is 11.6 Å². The van der Waals surface area contributed by atoms with Crippen LogP contribution in [0.25, 0.3) is 0 Å². The highest BCUT2D eigenvalue weighted by Gasteiger charge is 2.66. The predicted molar refractivity (Wildman–Crippen MR) is 96.0 cm³/mol. The van der Waals surface area contributed by atoms with Gasteiger partial charge in [0, 0.05) is 5.69 Å². The molecule has 0 fully saturated rings. The lowest BCUT2D eigenvalue weighted by molar-refractivity contribution is -0.259. The van der Waals surface area contributed by atoms with Gasteiger partial charge in [0.1, 0.15) is 17.4 Å². The first kappa shape index (κ1) is 23.2. The van der Waals surface area contributed by atoms with Crippen molar-refractivity contribution in [3.63, 3.8) is 0 Å². The number of hydrogen-bond acceptors (Lipinski definition) is 4. The van der Waals surface area contributed by atoms with Crippen LogP contribution in [-0.4, -0.2) is 30.5 Å². The lowest BCUT2D eigenvalue weighted by Crippen LogP contribution is -2.69. The van der Waals surface area contributed by atoms with E-state index in [-0.39, 0.29) is 5.69 Å². The Bertz CT molecular complexity index is 924. The Hall–Kier alpha value is -3.08. The quantitative estimate of drug-likeness (QED) is 0.380. The van der Waals surface area contributed by atoms with Gasteiger partial charge in [0.05, 0.1) is 11.6 Å². The van der Waals surface area contributed by atoms with E-state index in [0.29, 0.717) is 0 Å². The standard InChI is InChI=1S/C18H14ClF5N2O4/c1-2-29-15(27)17(18(22,23)24,30-12-6-3-10(20)4-7-12)26-16(28)25-11-5-8-14(21)13(19)9-11/h3-9H,2H2,1H3,(H2,25,26,28)/t17-/m0/s1. The minimum Gasteiger partial charge on any atom is -0.461 e. The number of halogens is 6. The molecular formula is C18H14ClF5N2O4. The fourth-order valence-electron chi connectivity index (χ4n) is 2.17. The maximum Gasteiger partial charge on any atom is 0.460 e. The molecule has 30 heavy (non-hydrogen) atoms. The molecule has 0 aliphatic heterocycles. The summed E-state index contributed by atoms with van der Waals surface area (Å²) >= 11 is 5.56. The van der Waals surface area contributed by atoms with Crippen molar-refractivity contribution in [2.45, 2.75) is 18.8 Å². The SMILES string of the molecule is CCOC(=O)[C@](NC(=O)Nc1ccc(F)c(Cl)c1)(Oc1ccc(F)cc1)C(F)(F)F. The summed E-state index contributed by atoms with van der Waals surface area (Å²) in [4.78, 5) is 24.4. The van der Waals surface area contributed by atoms with E-state index in [1.54, 1.807) is 0 Å². The number of carbonyl (C=O) groups is 2. The van der Waals surface area contributed by atoms with Crippen molar-refractivity contribution in [2.24, 2.45) is 0 Å². The molecule has 162 valence electrons. The van der Waals surface area contributed by atoms with Gasteiger partial charge in [-0.2, -0.15) is 13.2 Å². The predicted octanol–water partition coefficient (Wildman–Crippen LogP) is 4.64. The van der Waals surface area contributed by atoms with Crippen LogP contribution in [0.3, 0.4) is 0 Å². The van der Waals surface area contributed by atoms with Crippen molar-refractivity contribution in [1.82, 2.24) is 5.32 Å². The molecule has 2 N–H and O–H groups in total. The highest BCUT2D eigenvalue weighted by molar-refractivity contribution is 6.31. The molecule has 2 aromatic carbocycles. The molecule has 0 spiro atoms. The molecule has 0 bridgehead atoms. The van der Waals surface area contributed by atoms with Crippen LogP contribution >= 0.6 is 11.6 Å². The second kappa shape index (κ2) is 9.16. The second-order valence-electron chi connectivity index (χ2n) is 5.66. The molecule has 0 radical (unpaired) electrons.